The number of methoxy groups -OCH3 is 3. The highest BCUT2D eigenvalue weighted by Crippen LogP contribution is 2.40. The largest absolute Gasteiger partial charge is 0.497 e. The van der Waals surface area contributed by atoms with Crippen LogP contribution in [-0.4, -0.2) is 26.4 Å². The second kappa shape index (κ2) is 6.97. The third kappa shape index (κ3) is 2.97. The summed E-state index contributed by atoms with van der Waals surface area (Å²) in [5.74, 6) is 2.15. The average Bonchev–Trinajstić information content (AvgIpc) is 2.65. The predicted octanol–water partition coefficient (Wildman–Crippen LogP) is 3.78. The van der Waals surface area contributed by atoms with Crippen molar-refractivity contribution >= 4 is 5.57 Å². The van der Waals surface area contributed by atoms with E-state index in [1.165, 1.54) is 5.56 Å². The second-order valence-corrected chi connectivity index (χ2v) is 5.73. The van der Waals surface area contributed by atoms with E-state index >= 15 is 0 Å². The third-order valence-electron chi connectivity index (χ3n) is 4.43. The van der Waals surface area contributed by atoms with Crippen molar-refractivity contribution < 1.29 is 19.3 Å². The van der Waals surface area contributed by atoms with Gasteiger partial charge in [-0.25, -0.2) is 0 Å². The van der Waals surface area contributed by atoms with Gasteiger partial charge >= 0.3 is 0 Å². The van der Waals surface area contributed by atoms with Crippen molar-refractivity contribution in [2.75, 3.05) is 21.3 Å². The van der Waals surface area contributed by atoms with Gasteiger partial charge in [0.2, 0.25) is 0 Å². The van der Waals surface area contributed by atoms with Crippen molar-refractivity contribution in [2.45, 2.75) is 18.9 Å². The van der Waals surface area contributed by atoms with E-state index in [-0.39, 0.29) is 0 Å². The number of rotatable bonds is 5. The molecule has 24 heavy (non-hydrogen) atoms. The van der Waals surface area contributed by atoms with Gasteiger partial charge in [-0.1, -0.05) is 12.1 Å². The van der Waals surface area contributed by atoms with Crippen LogP contribution in [0.15, 0.2) is 42.5 Å². The van der Waals surface area contributed by atoms with E-state index in [0.717, 1.165) is 35.3 Å². The summed E-state index contributed by atoms with van der Waals surface area (Å²) < 4.78 is 16.0. The molecule has 0 radical (unpaired) electrons. The molecule has 4 heteroatoms. The Morgan fingerprint density at radius 1 is 0.917 bits per heavy atom. The molecule has 0 amide bonds. The molecule has 4 nitrogen and oxygen atoms in total. The Morgan fingerprint density at radius 2 is 1.62 bits per heavy atom. The molecule has 0 heterocycles. The standard InChI is InChI=1S/C20H22O4/c1-22-14-7-9-16-13(11-14)5-4-6-17(16)20(21)18-10-8-15(23-2)12-19(18)24-3/h6-12,20-21H,4-5H2,1-3H3. The normalized spacial score (nSPS) is 14.4. The monoisotopic (exact) mass is 326 g/mol. The van der Waals surface area contributed by atoms with Crippen LogP contribution in [0.3, 0.4) is 0 Å². The predicted molar refractivity (Wildman–Crippen MR) is 93.8 cm³/mol. The Hall–Kier alpha value is -2.46. The number of hydrogen-bond donors (Lipinski definition) is 1. The highest BCUT2D eigenvalue weighted by molar-refractivity contribution is 5.75. The molecule has 0 spiro atoms. The Labute approximate surface area is 142 Å². The molecule has 2 aromatic carbocycles. The van der Waals surface area contributed by atoms with Gasteiger partial charge in [-0.3, -0.25) is 0 Å². The van der Waals surface area contributed by atoms with Crippen LogP contribution < -0.4 is 14.2 Å². The molecule has 0 aromatic heterocycles. The molecule has 0 aliphatic heterocycles. The van der Waals surface area contributed by atoms with Crippen LogP contribution in [0.2, 0.25) is 0 Å². The molecule has 0 fully saturated rings. The van der Waals surface area contributed by atoms with Crippen molar-refractivity contribution in [3.63, 3.8) is 0 Å². The van der Waals surface area contributed by atoms with Gasteiger partial charge in [0.1, 0.15) is 23.4 Å². The highest BCUT2D eigenvalue weighted by Gasteiger charge is 2.23. The first-order valence-corrected chi connectivity index (χ1v) is 7.95. The minimum absolute atomic E-state index is 0.614. The fourth-order valence-corrected chi connectivity index (χ4v) is 3.15. The lowest BCUT2D eigenvalue weighted by molar-refractivity contribution is 0.231. The van der Waals surface area contributed by atoms with Crippen LogP contribution >= 0.6 is 0 Å². The number of aliphatic hydroxyl groups excluding tert-OH is 1. The number of ether oxygens (including phenoxy) is 3. The molecule has 1 aliphatic carbocycles. The first kappa shape index (κ1) is 16.4. The van der Waals surface area contributed by atoms with Crippen LogP contribution in [0, 0.1) is 0 Å². The van der Waals surface area contributed by atoms with E-state index in [9.17, 15) is 5.11 Å². The fraction of sp³-hybridized carbons (Fsp3) is 0.300. The third-order valence-corrected chi connectivity index (χ3v) is 4.43. The molecular formula is C20H22O4. The quantitative estimate of drug-likeness (QED) is 0.908. The van der Waals surface area contributed by atoms with Crippen molar-refractivity contribution in [1.82, 2.24) is 0 Å². The number of aryl methyl sites for hydroxylation is 1. The van der Waals surface area contributed by atoms with Gasteiger partial charge in [0, 0.05) is 11.6 Å². The van der Waals surface area contributed by atoms with E-state index < -0.39 is 6.10 Å². The zero-order chi connectivity index (χ0) is 17.1. The summed E-state index contributed by atoms with van der Waals surface area (Å²) in [5.41, 5.74) is 3.89. The zero-order valence-corrected chi connectivity index (χ0v) is 14.2. The number of fused-ring (bicyclic) bond motifs is 1. The molecule has 0 saturated carbocycles. The molecule has 1 unspecified atom stereocenters. The number of benzene rings is 2. The zero-order valence-electron chi connectivity index (χ0n) is 14.2. The average molecular weight is 326 g/mol. The van der Waals surface area contributed by atoms with E-state index in [1.54, 1.807) is 27.4 Å². The molecule has 2 aromatic rings. The SMILES string of the molecule is COc1ccc2c(c1)CCC=C2C(O)c1ccc(OC)cc1OC. The summed E-state index contributed by atoms with van der Waals surface area (Å²) in [5, 5.41) is 11.0. The lowest BCUT2D eigenvalue weighted by atomic mass is 9.85. The maximum absolute atomic E-state index is 11.0. The number of hydrogen-bond acceptors (Lipinski definition) is 4. The van der Waals surface area contributed by atoms with Crippen molar-refractivity contribution in [2.24, 2.45) is 0 Å². The van der Waals surface area contributed by atoms with E-state index in [4.69, 9.17) is 14.2 Å². The van der Waals surface area contributed by atoms with Crippen molar-refractivity contribution in [3.05, 3.63) is 59.2 Å². The molecular weight excluding hydrogens is 304 g/mol. The molecule has 1 N–H and O–H groups in total. The van der Waals surface area contributed by atoms with Gasteiger partial charge in [0.25, 0.3) is 0 Å². The molecule has 1 atom stereocenters. The highest BCUT2D eigenvalue weighted by atomic mass is 16.5. The first-order chi connectivity index (χ1) is 11.7. The Kier molecular flexibility index (Phi) is 4.76. The Balaban J connectivity index is 1.99. The molecule has 126 valence electrons. The van der Waals surface area contributed by atoms with Crippen molar-refractivity contribution in [3.8, 4) is 17.2 Å². The Bertz CT molecular complexity index is 764. The lowest BCUT2D eigenvalue weighted by Crippen LogP contribution is -2.09. The summed E-state index contributed by atoms with van der Waals surface area (Å²) in [4.78, 5) is 0. The summed E-state index contributed by atoms with van der Waals surface area (Å²) in [6.45, 7) is 0. The second-order valence-electron chi connectivity index (χ2n) is 5.73. The Morgan fingerprint density at radius 3 is 2.33 bits per heavy atom. The molecule has 3 rings (SSSR count). The topological polar surface area (TPSA) is 47.9 Å². The van der Waals surface area contributed by atoms with Crippen LogP contribution in [0.4, 0.5) is 0 Å². The van der Waals surface area contributed by atoms with E-state index in [2.05, 4.69) is 6.08 Å². The van der Waals surface area contributed by atoms with Gasteiger partial charge in [-0.15, -0.1) is 0 Å². The van der Waals surface area contributed by atoms with Crippen LogP contribution in [0.25, 0.3) is 5.57 Å². The van der Waals surface area contributed by atoms with Crippen LogP contribution in [-0.2, 0) is 6.42 Å². The fourth-order valence-electron chi connectivity index (χ4n) is 3.15. The van der Waals surface area contributed by atoms with Crippen molar-refractivity contribution in [1.29, 1.82) is 0 Å². The minimum Gasteiger partial charge on any atom is -0.497 e. The summed E-state index contributed by atoms with van der Waals surface area (Å²) >= 11 is 0. The summed E-state index contributed by atoms with van der Waals surface area (Å²) in [6.07, 6.45) is 3.19. The first-order valence-electron chi connectivity index (χ1n) is 7.95. The smallest absolute Gasteiger partial charge is 0.128 e. The van der Waals surface area contributed by atoms with E-state index in [0.29, 0.717) is 11.5 Å². The molecule has 0 bridgehead atoms. The van der Waals surface area contributed by atoms with Gasteiger partial charge in [0.05, 0.1) is 21.3 Å². The maximum Gasteiger partial charge on any atom is 0.128 e. The van der Waals surface area contributed by atoms with E-state index in [1.807, 2.05) is 30.3 Å². The van der Waals surface area contributed by atoms with Gasteiger partial charge in [0.15, 0.2) is 0 Å². The lowest BCUT2D eigenvalue weighted by Gasteiger charge is -2.24. The summed E-state index contributed by atoms with van der Waals surface area (Å²) in [7, 11) is 4.87. The van der Waals surface area contributed by atoms with Crippen LogP contribution in [0.5, 0.6) is 17.2 Å². The molecule has 0 saturated heterocycles. The van der Waals surface area contributed by atoms with Gasteiger partial charge < -0.3 is 19.3 Å². The minimum atomic E-state index is -0.752. The summed E-state index contributed by atoms with van der Waals surface area (Å²) in [6, 6.07) is 11.5. The van der Waals surface area contributed by atoms with Gasteiger partial charge in [-0.2, -0.15) is 0 Å². The maximum atomic E-state index is 11.0. The number of allylic oxidation sites excluding steroid dienone is 1. The van der Waals surface area contributed by atoms with Gasteiger partial charge in [-0.05, 0) is 53.8 Å². The van der Waals surface area contributed by atoms with Crippen LogP contribution in [0.1, 0.15) is 29.2 Å². The molecule has 1 aliphatic rings. The number of aliphatic hydroxyl groups is 1.